The van der Waals surface area contributed by atoms with Gasteiger partial charge in [0.2, 0.25) is 5.91 Å². The lowest BCUT2D eigenvalue weighted by atomic mass is 10.1. The lowest BCUT2D eigenvalue weighted by Crippen LogP contribution is -2.32. The van der Waals surface area contributed by atoms with Gasteiger partial charge < -0.3 is 9.15 Å². The molecule has 0 aliphatic carbocycles. The first-order chi connectivity index (χ1) is 16.1. The molecule has 0 saturated carbocycles. The highest BCUT2D eigenvalue weighted by molar-refractivity contribution is 8.15. The quantitative estimate of drug-likeness (QED) is 0.237. The van der Waals surface area contributed by atoms with Crippen LogP contribution in [0.1, 0.15) is 11.3 Å². The summed E-state index contributed by atoms with van der Waals surface area (Å²) in [6.07, 6.45) is 3.80. The Balaban J connectivity index is 1.46. The van der Waals surface area contributed by atoms with Crippen molar-refractivity contribution in [1.29, 1.82) is 0 Å². The SMILES string of the molecule is C=CCN1C(=O)[C@H](Cc2ccc(OC)cc2)S/C1=N\N=C/c1ccc(-c2ccc(Cl)cc2)o1. The molecule has 1 amide bonds. The Labute approximate surface area is 201 Å². The van der Waals surface area contributed by atoms with Gasteiger partial charge in [-0.15, -0.1) is 11.7 Å². The first-order valence-electron chi connectivity index (χ1n) is 10.3. The van der Waals surface area contributed by atoms with E-state index in [-0.39, 0.29) is 11.2 Å². The van der Waals surface area contributed by atoms with Gasteiger partial charge in [-0.25, -0.2) is 0 Å². The molecule has 1 fully saturated rings. The van der Waals surface area contributed by atoms with Gasteiger partial charge in [-0.1, -0.05) is 41.6 Å². The molecule has 2 aromatic carbocycles. The van der Waals surface area contributed by atoms with Crippen molar-refractivity contribution in [3.8, 4) is 17.1 Å². The standard InChI is InChI=1S/C25H22ClN3O3S/c1-3-14-29-24(30)23(15-17-4-10-20(31-2)11-5-17)33-25(29)28-27-16-21-12-13-22(32-21)18-6-8-19(26)9-7-18/h3-13,16,23H,1,14-15H2,2H3/b27-16-,28-25-/t23-/m0/s1. The number of ether oxygens (including phenoxy) is 1. The largest absolute Gasteiger partial charge is 0.497 e. The van der Waals surface area contributed by atoms with Crippen LogP contribution in [0.5, 0.6) is 5.75 Å². The summed E-state index contributed by atoms with van der Waals surface area (Å²) in [5.74, 6) is 2.04. The van der Waals surface area contributed by atoms with Gasteiger partial charge in [-0.05, 0) is 60.5 Å². The van der Waals surface area contributed by atoms with Crippen LogP contribution >= 0.6 is 23.4 Å². The number of carbonyl (C=O) groups is 1. The Hall–Kier alpha value is -3.29. The summed E-state index contributed by atoms with van der Waals surface area (Å²) in [5, 5.41) is 9.39. The predicted molar refractivity (Wildman–Crippen MR) is 134 cm³/mol. The van der Waals surface area contributed by atoms with Crippen LogP contribution in [-0.4, -0.2) is 41.1 Å². The normalized spacial score (nSPS) is 17.3. The van der Waals surface area contributed by atoms with Gasteiger partial charge in [0.1, 0.15) is 17.3 Å². The van der Waals surface area contributed by atoms with Crippen LogP contribution in [0, 0.1) is 0 Å². The van der Waals surface area contributed by atoms with E-state index in [0.29, 0.717) is 34.7 Å². The Morgan fingerprint density at radius 2 is 1.91 bits per heavy atom. The fourth-order valence-electron chi connectivity index (χ4n) is 3.32. The molecule has 0 radical (unpaired) electrons. The number of halogens is 1. The molecule has 1 saturated heterocycles. The van der Waals surface area contributed by atoms with Crippen molar-refractivity contribution in [2.24, 2.45) is 10.2 Å². The number of amidine groups is 1. The van der Waals surface area contributed by atoms with E-state index in [9.17, 15) is 4.79 Å². The summed E-state index contributed by atoms with van der Waals surface area (Å²) < 4.78 is 11.0. The third-order valence-electron chi connectivity index (χ3n) is 5.00. The molecular formula is C25H22ClN3O3S. The van der Waals surface area contributed by atoms with Gasteiger partial charge in [0.05, 0.1) is 18.6 Å². The van der Waals surface area contributed by atoms with E-state index in [0.717, 1.165) is 16.9 Å². The molecule has 33 heavy (non-hydrogen) atoms. The number of carbonyl (C=O) groups excluding carboxylic acids is 1. The number of hydrogen-bond acceptors (Lipinski definition) is 6. The van der Waals surface area contributed by atoms with E-state index in [2.05, 4.69) is 16.8 Å². The highest BCUT2D eigenvalue weighted by Crippen LogP contribution is 2.30. The third-order valence-corrected chi connectivity index (χ3v) is 6.41. The third kappa shape index (κ3) is 5.56. The summed E-state index contributed by atoms with van der Waals surface area (Å²) >= 11 is 7.34. The summed E-state index contributed by atoms with van der Waals surface area (Å²) in [5.41, 5.74) is 1.97. The molecule has 0 spiro atoms. The van der Waals surface area contributed by atoms with Crippen molar-refractivity contribution in [3.05, 3.63) is 89.7 Å². The minimum absolute atomic E-state index is 0.00677. The molecule has 6 nitrogen and oxygen atoms in total. The summed E-state index contributed by atoms with van der Waals surface area (Å²) in [4.78, 5) is 14.5. The van der Waals surface area contributed by atoms with E-state index >= 15 is 0 Å². The van der Waals surface area contributed by atoms with Gasteiger partial charge in [-0.3, -0.25) is 9.69 Å². The van der Waals surface area contributed by atoms with Gasteiger partial charge >= 0.3 is 0 Å². The van der Waals surface area contributed by atoms with Crippen LogP contribution in [0.2, 0.25) is 5.02 Å². The highest BCUT2D eigenvalue weighted by atomic mass is 35.5. The van der Waals surface area contributed by atoms with Crippen molar-refractivity contribution >= 4 is 40.7 Å². The molecule has 1 aromatic heterocycles. The molecular weight excluding hydrogens is 458 g/mol. The van der Waals surface area contributed by atoms with E-state index in [1.807, 2.05) is 60.7 Å². The molecule has 0 N–H and O–H groups in total. The molecule has 3 aromatic rings. The van der Waals surface area contributed by atoms with E-state index < -0.39 is 0 Å². The van der Waals surface area contributed by atoms with E-state index in [1.54, 1.807) is 18.1 Å². The van der Waals surface area contributed by atoms with Crippen LogP contribution in [0.25, 0.3) is 11.3 Å². The summed E-state index contributed by atoms with van der Waals surface area (Å²) in [6, 6.07) is 18.8. The number of thioether (sulfide) groups is 1. The van der Waals surface area contributed by atoms with E-state index in [4.69, 9.17) is 20.8 Å². The Kier molecular flexibility index (Phi) is 7.32. The molecule has 8 heteroatoms. The number of methoxy groups -OCH3 is 1. The second-order valence-corrected chi connectivity index (χ2v) is 8.84. The topological polar surface area (TPSA) is 67.4 Å². The molecule has 168 valence electrons. The van der Waals surface area contributed by atoms with Crippen molar-refractivity contribution in [3.63, 3.8) is 0 Å². The minimum Gasteiger partial charge on any atom is -0.497 e. The Morgan fingerprint density at radius 1 is 1.15 bits per heavy atom. The average Bonchev–Trinajstić information content (AvgIpc) is 3.41. The molecule has 0 bridgehead atoms. The maximum absolute atomic E-state index is 12.9. The number of hydrogen-bond donors (Lipinski definition) is 0. The van der Waals surface area contributed by atoms with Crippen LogP contribution in [0.15, 0.2) is 87.9 Å². The fourth-order valence-corrected chi connectivity index (χ4v) is 4.59. The monoisotopic (exact) mass is 479 g/mol. The van der Waals surface area contributed by atoms with Gasteiger partial charge in [0.15, 0.2) is 5.17 Å². The van der Waals surface area contributed by atoms with Crippen LogP contribution < -0.4 is 4.74 Å². The predicted octanol–water partition coefficient (Wildman–Crippen LogP) is 5.67. The zero-order valence-corrected chi connectivity index (χ0v) is 19.6. The van der Waals surface area contributed by atoms with Crippen molar-refractivity contribution in [2.75, 3.05) is 13.7 Å². The smallest absolute Gasteiger partial charge is 0.242 e. The summed E-state index contributed by atoms with van der Waals surface area (Å²) in [7, 11) is 1.63. The molecule has 1 aliphatic heterocycles. The second-order valence-electron chi connectivity index (χ2n) is 7.23. The zero-order valence-electron chi connectivity index (χ0n) is 18.0. The van der Waals surface area contributed by atoms with Crippen molar-refractivity contribution in [1.82, 2.24) is 4.90 Å². The molecule has 1 atom stereocenters. The maximum Gasteiger partial charge on any atom is 0.242 e. The van der Waals surface area contributed by atoms with Crippen molar-refractivity contribution in [2.45, 2.75) is 11.7 Å². The van der Waals surface area contributed by atoms with Gasteiger partial charge in [0.25, 0.3) is 0 Å². The first kappa shape index (κ1) is 22.9. The molecule has 0 unspecified atom stereocenters. The van der Waals surface area contributed by atoms with Crippen LogP contribution in [0.3, 0.4) is 0 Å². The lowest BCUT2D eigenvalue weighted by molar-refractivity contribution is -0.125. The van der Waals surface area contributed by atoms with Crippen LogP contribution in [0.4, 0.5) is 0 Å². The summed E-state index contributed by atoms with van der Waals surface area (Å²) in [6.45, 7) is 4.13. The maximum atomic E-state index is 12.9. The molecule has 1 aliphatic rings. The van der Waals surface area contributed by atoms with Gasteiger partial charge in [0, 0.05) is 17.1 Å². The first-order valence-corrected chi connectivity index (χ1v) is 11.5. The molecule has 4 rings (SSSR count). The highest BCUT2D eigenvalue weighted by Gasteiger charge is 2.37. The van der Waals surface area contributed by atoms with Gasteiger partial charge in [-0.2, -0.15) is 5.10 Å². The number of nitrogens with zero attached hydrogens (tertiary/aromatic N) is 3. The van der Waals surface area contributed by atoms with Crippen molar-refractivity contribution < 1.29 is 13.9 Å². The number of furan rings is 1. The Morgan fingerprint density at radius 3 is 2.61 bits per heavy atom. The number of rotatable bonds is 8. The number of amides is 1. The molecule has 2 heterocycles. The lowest BCUT2D eigenvalue weighted by Gasteiger charge is -2.12. The fraction of sp³-hybridized carbons (Fsp3) is 0.160. The Bertz CT molecular complexity index is 1190. The van der Waals surface area contributed by atoms with Crippen LogP contribution in [-0.2, 0) is 11.2 Å². The zero-order chi connectivity index (χ0) is 23.2. The minimum atomic E-state index is -0.271. The number of benzene rings is 2. The average molecular weight is 480 g/mol. The van der Waals surface area contributed by atoms with E-state index in [1.165, 1.54) is 18.0 Å². The second kappa shape index (κ2) is 10.6.